The number of carbonyl (C=O) groups is 2. The zero-order chi connectivity index (χ0) is 23.3. The molecule has 1 aliphatic heterocycles. The molecule has 2 aromatic rings. The minimum Gasteiger partial charge on any atom is -0.490 e. The molecule has 2 aromatic carbocycles. The Hall–Kier alpha value is -2.85. The van der Waals surface area contributed by atoms with E-state index in [-0.39, 0.29) is 23.4 Å². The summed E-state index contributed by atoms with van der Waals surface area (Å²) in [5, 5.41) is 10.7. The lowest BCUT2D eigenvalue weighted by atomic mass is 10.1. The van der Waals surface area contributed by atoms with Crippen molar-refractivity contribution in [3.05, 3.63) is 67.0 Å². The zero-order valence-corrected chi connectivity index (χ0v) is 19.9. The average Bonchev–Trinajstić information content (AvgIpc) is 3.03. The molecule has 10 heteroatoms. The Morgan fingerprint density at radius 1 is 1.16 bits per heavy atom. The molecule has 0 aromatic heterocycles. The molecular formula is C22H21BrN2O6S. The number of carbonyl (C=O) groups excluding carboxylic acids is 2. The van der Waals surface area contributed by atoms with E-state index in [1.54, 1.807) is 30.3 Å². The van der Waals surface area contributed by atoms with Gasteiger partial charge in [-0.05, 0) is 54.4 Å². The van der Waals surface area contributed by atoms with Crippen molar-refractivity contribution in [3.63, 3.8) is 0 Å². The second kappa shape index (κ2) is 10.6. The number of hydrogen-bond acceptors (Lipinski definition) is 7. The quantitative estimate of drug-likeness (QED) is 0.234. The van der Waals surface area contributed by atoms with Crippen LogP contribution in [0.15, 0.2) is 45.8 Å². The minimum absolute atomic E-state index is 0.00956. The summed E-state index contributed by atoms with van der Waals surface area (Å²) in [6.45, 7) is 4.63. The molecule has 0 atom stereocenters. The van der Waals surface area contributed by atoms with Gasteiger partial charge in [-0.2, -0.15) is 0 Å². The van der Waals surface area contributed by atoms with Crippen LogP contribution < -0.4 is 9.47 Å². The van der Waals surface area contributed by atoms with Crippen molar-refractivity contribution in [1.29, 1.82) is 0 Å². The van der Waals surface area contributed by atoms with Gasteiger partial charge in [-0.3, -0.25) is 24.6 Å². The first kappa shape index (κ1) is 23.8. The Kier molecular flexibility index (Phi) is 7.92. The Balaban J connectivity index is 1.85. The molecule has 0 saturated carbocycles. The van der Waals surface area contributed by atoms with Gasteiger partial charge in [0.2, 0.25) is 0 Å². The molecule has 1 saturated heterocycles. The third-order valence-corrected chi connectivity index (χ3v) is 6.08. The zero-order valence-electron chi connectivity index (χ0n) is 17.5. The van der Waals surface area contributed by atoms with Crippen LogP contribution in [-0.2, 0) is 11.4 Å². The maximum absolute atomic E-state index is 12.5. The fourth-order valence-corrected chi connectivity index (χ4v) is 4.31. The third-order valence-electron chi connectivity index (χ3n) is 4.49. The van der Waals surface area contributed by atoms with Crippen LogP contribution in [0.1, 0.15) is 31.4 Å². The van der Waals surface area contributed by atoms with Crippen molar-refractivity contribution in [3.8, 4) is 11.5 Å². The van der Waals surface area contributed by atoms with E-state index in [2.05, 4.69) is 15.9 Å². The molecule has 1 aliphatic rings. The monoisotopic (exact) mass is 520 g/mol. The summed E-state index contributed by atoms with van der Waals surface area (Å²) in [5.74, 6) is 0.597. The van der Waals surface area contributed by atoms with E-state index in [1.165, 1.54) is 17.0 Å². The molecule has 0 radical (unpaired) electrons. The van der Waals surface area contributed by atoms with Crippen LogP contribution in [0.3, 0.4) is 0 Å². The number of hydrogen-bond donors (Lipinski definition) is 0. The van der Waals surface area contributed by atoms with Gasteiger partial charge < -0.3 is 9.47 Å². The summed E-state index contributed by atoms with van der Waals surface area (Å²) >= 11 is 4.40. The van der Waals surface area contributed by atoms with Crippen LogP contribution in [0, 0.1) is 10.1 Å². The number of halogens is 1. The average molecular weight is 521 g/mol. The second-order valence-corrected chi connectivity index (χ2v) is 8.65. The van der Waals surface area contributed by atoms with Crippen LogP contribution in [0.2, 0.25) is 0 Å². The Labute approximate surface area is 197 Å². The highest BCUT2D eigenvalue weighted by molar-refractivity contribution is 9.10. The predicted molar refractivity (Wildman–Crippen MR) is 126 cm³/mol. The molecule has 2 amide bonds. The van der Waals surface area contributed by atoms with E-state index in [4.69, 9.17) is 9.47 Å². The van der Waals surface area contributed by atoms with E-state index < -0.39 is 4.92 Å². The number of benzene rings is 2. The highest BCUT2D eigenvalue weighted by atomic mass is 79.9. The van der Waals surface area contributed by atoms with Gasteiger partial charge in [0.05, 0.1) is 16.4 Å². The number of nitrogens with zero attached hydrogens (tertiary/aromatic N) is 2. The summed E-state index contributed by atoms with van der Waals surface area (Å²) in [4.78, 5) is 36.7. The number of nitro benzene ring substituents is 1. The number of nitro groups is 1. The van der Waals surface area contributed by atoms with Crippen LogP contribution in [-0.4, -0.2) is 34.1 Å². The summed E-state index contributed by atoms with van der Waals surface area (Å²) in [7, 11) is 0. The smallest absolute Gasteiger partial charge is 0.293 e. The van der Waals surface area contributed by atoms with Crippen molar-refractivity contribution < 1.29 is 24.0 Å². The maximum Gasteiger partial charge on any atom is 0.293 e. The van der Waals surface area contributed by atoms with Gasteiger partial charge in [0.15, 0.2) is 11.5 Å². The highest BCUT2D eigenvalue weighted by Gasteiger charge is 2.34. The van der Waals surface area contributed by atoms with Crippen molar-refractivity contribution in [1.82, 2.24) is 4.90 Å². The van der Waals surface area contributed by atoms with Crippen LogP contribution in [0.4, 0.5) is 10.5 Å². The van der Waals surface area contributed by atoms with E-state index in [0.717, 1.165) is 11.8 Å². The van der Waals surface area contributed by atoms with Crippen LogP contribution >= 0.6 is 27.7 Å². The lowest BCUT2D eigenvalue weighted by molar-refractivity contribution is -0.384. The van der Waals surface area contributed by atoms with Gasteiger partial charge in [0, 0.05) is 23.2 Å². The van der Waals surface area contributed by atoms with Crippen molar-refractivity contribution in [2.45, 2.75) is 26.9 Å². The van der Waals surface area contributed by atoms with E-state index in [9.17, 15) is 19.7 Å². The van der Waals surface area contributed by atoms with Crippen molar-refractivity contribution in [2.24, 2.45) is 0 Å². The first-order valence-electron chi connectivity index (χ1n) is 9.91. The standard InChI is InChI=1S/C22H21BrN2O6S/c1-3-8-24-21(26)20(32-22(24)27)11-15-10-18(30-4-2)19(12-17(15)23)31-13-14-6-5-7-16(9-14)25(28)29/h5-7,9-12H,3-4,8,13H2,1-2H3/b20-11+. The minimum atomic E-state index is -0.456. The van der Waals surface area contributed by atoms with Gasteiger partial charge >= 0.3 is 0 Å². The lowest BCUT2D eigenvalue weighted by Gasteiger charge is -2.14. The van der Waals surface area contributed by atoms with Gasteiger partial charge in [-0.25, -0.2) is 0 Å². The topological polar surface area (TPSA) is 99.0 Å². The molecule has 1 fully saturated rings. The van der Waals surface area contributed by atoms with E-state index in [0.29, 0.717) is 51.6 Å². The van der Waals surface area contributed by atoms with Gasteiger partial charge in [0.25, 0.3) is 16.8 Å². The summed E-state index contributed by atoms with van der Waals surface area (Å²) in [6.07, 6.45) is 2.34. The molecule has 1 heterocycles. The number of thioether (sulfide) groups is 1. The molecule has 0 spiro atoms. The Bertz CT molecular complexity index is 1090. The number of non-ortho nitro benzene ring substituents is 1. The number of rotatable bonds is 9. The Morgan fingerprint density at radius 3 is 2.59 bits per heavy atom. The molecule has 8 nitrogen and oxygen atoms in total. The Morgan fingerprint density at radius 2 is 1.91 bits per heavy atom. The van der Waals surface area contributed by atoms with Crippen LogP contribution in [0.25, 0.3) is 6.08 Å². The molecule has 0 bridgehead atoms. The summed E-state index contributed by atoms with van der Waals surface area (Å²) in [5.41, 5.74) is 1.30. The van der Waals surface area contributed by atoms with Gasteiger partial charge in [0.1, 0.15) is 6.61 Å². The predicted octanol–water partition coefficient (Wildman–Crippen LogP) is 5.78. The lowest BCUT2D eigenvalue weighted by Crippen LogP contribution is -2.28. The molecule has 0 aliphatic carbocycles. The molecule has 168 valence electrons. The molecule has 0 N–H and O–H groups in total. The first-order valence-corrected chi connectivity index (χ1v) is 11.5. The second-order valence-electron chi connectivity index (χ2n) is 6.80. The van der Waals surface area contributed by atoms with E-state index >= 15 is 0 Å². The first-order chi connectivity index (χ1) is 15.3. The van der Waals surface area contributed by atoms with E-state index in [1.807, 2.05) is 13.8 Å². The van der Waals surface area contributed by atoms with Crippen molar-refractivity contribution in [2.75, 3.05) is 13.2 Å². The fraction of sp³-hybridized carbons (Fsp3) is 0.273. The largest absolute Gasteiger partial charge is 0.490 e. The highest BCUT2D eigenvalue weighted by Crippen LogP contribution is 2.38. The molecule has 32 heavy (non-hydrogen) atoms. The molecule has 3 rings (SSSR count). The summed E-state index contributed by atoms with van der Waals surface area (Å²) < 4.78 is 12.2. The number of ether oxygens (including phenoxy) is 2. The number of imide groups is 1. The third kappa shape index (κ3) is 5.49. The molecule has 0 unspecified atom stereocenters. The van der Waals surface area contributed by atoms with Crippen LogP contribution in [0.5, 0.6) is 11.5 Å². The van der Waals surface area contributed by atoms with Gasteiger partial charge in [-0.1, -0.05) is 35.0 Å². The van der Waals surface area contributed by atoms with Crippen molar-refractivity contribution >= 4 is 50.6 Å². The summed E-state index contributed by atoms with van der Waals surface area (Å²) in [6, 6.07) is 9.65. The SMILES string of the molecule is CCCN1C(=O)S/C(=C/c2cc(OCC)c(OCc3cccc([N+](=O)[O-])c3)cc2Br)C1=O. The van der Waals surface area contributed by atoms with Gasteiger partial charge in [-0.15, -0.1) is 0 Å². The normalized spacial score (nSPS) is 14.8. The maximum atomic E-state index is 12.5. The number of amides is 2. The molecular weight excluding hydrogens is 500 g/mol. The fourth-order valence-electron chi connectivity index (χ4n) is 3.02.